The lowest BCUT2D eigenvalue weighted by molar-refractivity contribution is 0.0929. The largest absolute Gasteiger partial charge is 0.459 e. The van der Waals surface area contributed by atoms with Crippen molar-refractivity contribution in [1.82, 2.24) is 10.6 Å². The molecular formula is C11H14N2O2. The summed E-state index contributed by atoms with van der Waals surface area (Å²) in [4.78, 5) is 11.5. The van der Waals surface area contributed by atoms with Crippen molar-refractivity contribution in [2.24, 2.45) is 0 Å². The highest BCUT2D eigenvalue weighted by molar-refractivity contribution is 5.91. The fourth-order valence-electron chi connectivity index (χ4n) is 1.52. The van der Waals surface area contributed by atoms with E-state index in [2.05, 4.69) is 16.7 Å². The maximum absolute atomic E-state index is 11.5. The Kier molecular flexibility index (Phi) is 3.19. The minimum absolute atomic E-state index is 0.153. The zero-order valence-corrected chi connectivity index (χ0v) is 8.45. The Balaban J connectivity index is 1.83. The van der Waals surface area contributed by atoms with Crippen LogP contribution in [0.4, 0.5) is 0 Å². The van der Waals surface area contributed by atoms with Crippen molar-refractivity contribution in [3.63, 3.8) is 0 Å². The molecule has 4 nitrogen and oxygen atoms in total. The third kappa shape index (κ3) is 2.70. The maximum atomic E-state index is 11.5. The van der Waals surface area contributed by atoms with Crippen LogP contribution in [-0.2, 0) is 0 Å². The number of furan rings is 1. The highest BCUT2D eigenvalue weighted by Crippen LogP contribution is 2.04. The van der Waals surface area contributed by atoms with E-state index in [9.17, 15) is 4.79 Å². The van der Waals surface area contributed by atoms with E-state index in [-0.39, 0.29) is 5.91 Å². The summed E-state index contributed by atoms with van der Waals surface area (Å²) in [5, 5.41) is 6.05. The van der Waals surface area contributed by atoms with E-state index >= 15 is 0 Å². The lowest BCUT2D eigenvalue weighted by atomic mass is 10.1. The molecule has 0 radical (unpaired) electrons. The Morgan fingerprint density at radius 3 is 3.20 bits per heavy atom. The van der Waals surface area contributed by atoms with Crippen LogP contribution in [0.2, 0.25) is 0 Å². The fraction of sp³-hybridized carbons (Fsp3) is 0.364. The standard InChI is InChI=1S/C11H14N2O2/c14-11(10-2-1-7-15-10)13-8-9-3-5-12-6-4-9/h1-3,7,12H,4-6,8H2,(H,13,14). The van der Waals surface area contributed by atoms with Gasteiger partial charge in [0, 0.05) is 13.1 Å². The summed E-state index contributed by atoms with van der Waals surface area (Å²) in [6.45, 7) is 2.50. The third-order valence-corrected chi connectivity index (χ3v) is 2.38. The van der Waals surface area contributed by atoms with Crippen molar-refractivity contribution in [2.75, 3.05) is 19.6 Å². The molecule has 0 atom stereocenters. The van der Waals surface area contributed by atoms with E-state index in [0.29, 0.717) is 12.3 Å². The van der Waals surface area contributed by atoms with Gasteiger partial charge in [0.05, 0.1) is 6.26 Å². The van der Waals surface area contributed by atoms with E-state index in [0.717, 1.165) is 19.5 Å². The predicted octanol–water partition coefficient (Wildman–Crippen LogP) is 0.929. The molecule has 0 saturated heterocycles. The van der Waals surface area contributed by atoms with Crippen LogP contribution in [0.1, 0.15) is 17.0 Å². The average Bonchev–Trinajstić information content (AvgIpc) is 2.81. The second kappa shape index (κ2) is 4.79. The van der Waals surface area contributed by atoms with E-state index in [1.807, 2.05) is 0 Å². The minimum atomic E-state index is -0.153. The van der Waals surface area contributed by atoms with Gasteiger partial charge >= 0.3 is 0 Å². The van der Waals surface area contributed by atoms with Crippen LogP contribution in [0, 0.1) is 0 Å². The molecule has 0 saturated carbocycles. The van der Waals surface area contributed by atoms with Crippen molar-refractivity contribution in [1.29, 1.82) is 0 Å². The van der Waals surface area contributed by atoms with Gasteiger partial charge in [-0.15, -0.1) is 0 Å². The summed E-state index contributed by atoms with van der Waals surface area (Å²) in [6.07, 6.45) is 4.61. The number of hydrogen-bond acceptors (Lipinski definition) is 3. The minimum Gasteiger partial charge on any atom is -0.459 e. The van der Waals surface area contributed by atoms with Gasteiger partial charge in [0.15, 0.2) is 5.76 Å². The molecule has 15 heavy (non-hydrogen) atoms. The lowest BCUT2D eigenvalue weighted by Crippen LogP contribution is -2.29. The van der Waals surface area contributed by atoms with E-state index in [1.54, 1.807) is 12.1 Å². The van der Waals surface area contributed by atoms with Gasteiger partial charge in [-0.1, -0.05) is 11.6 Å². The van der Waals surface area contributed by atoms with Crippen molar-refractivity contribution in [3.05, 3.63) is 35.8 Å². The molecule has 80 valence electrons. The van der Waals surface area contributed by atoms with Gasteiger partial charge in [-0.3, -0.25) is 4.79 Å². The van der Waals surface area contributed by atoms with Gasteiger partial charge in [-0.05, 0) is 25.1 Å². The molecule has 1 aromatic heterocycles. The Hall–Kier alpha value is -1.55. The zero-order chi connectivity index (χ0) is 10.5. The third-order valence-electron chi connectivity index (χ3n) is 2.38. The summed E-state index contributed by atoms with van der Waals surface area (Å²) >= 11 is 0. The van der Waals surface area contributed by atoms with Gasteiger partial charge in [-0.25, -0.2) is 0 Å². The second-order valence-corrected chi connectivity index (χ2v) is 3.48. The number of nitrogens with one attached hydrogen (secondary N) is 2. The number of carbonyl (C=O) groups excluding carboxylic acids is 1. The van der Waals surface area contributed by atoms with Crippen LogP contribution < -0.4 is 10.6 Å². The molecule has 2 heterocycles. The van der Waals surface area contributed by atoms with Gasteiger partial charge in [-0.2, -0.15) is 0 Å². The molecule has 0 fully saturated rings. The number of rotatable bonds is 3. The molecule has 2 rings (SSSR count). The van der Waals surface area contributed by atoms with Gasteiger partial charge in [0.25, 0.3) is 5.91 Å². The SMILES string of the molecule is O=C(NCC1=CCNCC1)c1ccco1. The van der Waals surface area contributed by atoms with Crippen LogP contribution >= 0.6 is 0 Å². The molecule has 0 unspecified atom stereocenters. The van der Waals surface area contributed by atoms with Crippen LogP contribution in [0.3, 0.4) is 0 Å². The van der Waals surface area contributed by atoms with Crippen molar-refractivity contribution >= 4 is 5.91 Å². The smallest absolute Gasteiger partial charge is 0.287 e. The van der Waals surface area contributed by atoms with Crippen molar-refractivity contribution < 1.29 is 9.21 Å². The number of hydrogen-bond donors (Lipinski definition) is 2. The Morgan fingerprint density at radius 1 is 1.60 bits per heavy atom. The number of carbonyl (C=O) groups is 1. The van der Waals surface area contributed by atoms with Crippen LogP contribution in [-0.4, -0.2) is 25.5 Å². The van der Waals surface area contributed by atoms with E-state index in [4.69, 9.17) is 4.42 Å². The van der Waals surface area contributed by atoms with Crippen LogP contribution in [0.5, 0.6) is 0 Å². The van der Waals surface area contributed by atoms with Gasteiger partial charge in [0.1, 0.15) is 0 Å². The fourth-order valence-corrected chi connectivity index (χ4v) is 1.52. The number of amides is 1. The van der Waals surface area contributed by atoms with E-state index < -0.39 is 0 Å². The van der Waals surface area contributed by atoms with Crippen LogP contribution in [0.25, 0.3) is 0 Å². The molecule has 1 aliphatic rings. The van der Waals surface area contributed by atoms with Crippen molar-refractivity contribution in [2.45, 2.75) is 6.42 Å². The molecule has 0 spiro atoms. The topological polar surface area (TPSA) is 54.3 Å². The summed E-state index contributed by atoms with van der Waals surface area (Å²) in [5.41, 5.74) is 1.27. The summed E-state index contributed by atoms with van der Waals surface area (Å²) < 4.78 is 4.99. The second-order valence-electron chi connectivity index (χ2n) is 3.48. The molecular weight excluding hydrogens is 192 g/mol. The van der Waals surface area contributed by atoms with Gasteiger partial charge in [0.2, 0.25) is 0 Å². The Labute approximate surface area is 88.3 Å². The summed E-state index contributed by atoms with van der Waals surface area (Å²) in [7, 11) is 0. The molecule has 1 aromatic rings. The molecule has 2 N–H and O–H groups in total. The highest BCUT2D eigenvalue weighted by atomic mass is 16.3. The molecule has 0 aromatic carbocycles. The molecule has 1 aliphatic heterocycles. The molecule has 4 heteroatoms. The zero-order valence-electron chi connectivity index (χ0n) is 8.45. The van der Waals surface area contributed by atoms with E-state index in [1.165, 1.54) is 11.8 Å². The first kappa shape index (κ1) is 9.98. The first-order valence-electron chi connectivity index (χ1n) is 5.06. The summed E-state index contributed by atoms with van der Waals surface area (Å²) in [6, 6.07) is 3.37. The Bertz CT molecular complexity index is 355. The molecule has 0 aliphatic carbocycles. The monoisotopic (exact) mass is 206 g/mol. The normalized spacial score (nSPS) is 15.9. The molecule has 0 bridgehead atoms. The first-order valence-corrected chi connectivity index (χ1v) is 5.06. The Morgan fingerprint density at radius 2 is 2.53 bits per heavy atom. The van der Waals surface area contributed by atoms with Gasteiger partial charge < -0.3 is 15.1 Å². The molecule has 1 amide bonds. The van der Waals surface area contributed by atoms with Crippen LogP contribution in [0.15, 0.2) is 34.5 Å². The maximum Gasteiger partial charge on any atom is 0.287 e. The lowest BCUT2D eigenvalue weighted by Gasteiger charge is -2.13. The summed E-state index contributed by atoms with van der Waals surface area (Å²) in [5.74, 6) is 0.212. The quantitative estimate of drug-likeness (QED) is 0.723. The highest BCUT2D eigenvalue weighted by Gasteiger charge is 2.09. The predicted molar refractivity (Wildman–Crippen MR) is 56.6 cm³/mol. The van der Waals surface area contributed by atoms with Crippen molar-refractivity contribution in [3.8, 4) is 0 Å². The first-order chi connectivity index (χ1) is 7.36. The average molecular weight is 206 g/mol.